The third-order valence-corrected chi connectivity index (χ3v) is 8.53. The van der Waals surface area contributed by atoms with Crippen LogP contribution in [0.15, 0.2) is 82.1 Å². The SMILES string of the molecule is O=C(Cn1c(=O)oc2c3cc(cc21)Nc1nc(ncc1Cl)Nc1cccc(c1)CC3)N1CCN(c2ccccc2)CC1.O=C(O)C(F)(F)F.O=C(O)C(F)(F)F. The number of piperazine rings is 1. The summed E-state index contributed by atoms with van der Waals surface area (Å²) in [7, 11) is 0. The van der Waals surface area contributed by atoms with E-state index >= 15 is 0 Å². The molecule has 1 amide bonds. The quantitative estimate of drug-likeness (QED) is 0.151. The van der Waals surface area contributed by atoms with Crippen molar-refractivity contribution < 1.29 is 55.4 Å². The molecule has 3 aromatic carbocycles. The number of carboxylic acid groups (broad SMARTS) is 2. The average molecular weight is 810 g/mol. The highest BCUT2D eigenvalue weighted by Crippen LogP contribution is 2.31. The number of hydrogen-bond acceptors (Lipinski definition) is 10. The molecule has 14 nitrogen and oxygen atoms in total. The molecule has 0 radical (unpaired) electrons. The van der Waals surface area contributed by atoms with Crippen LogP contribution >= 0.6 is 11.6 Å². The number of halogens is 7. The van der Waals surface area contributed by atoms with Gasteiger partial charge in [-0.05, 0) is 60.4 Å². The summed E-state index contributed by atoms with van der Waals surface area (Å²) in [6.07, 6.45) is -7.30. The number of fused-ring (bicyclic) bond motifs is 8. The third kappa shape index (κ3) is 10.5. The summed E-state index contributed by atoms with van der Waals surface area (Å²) < 4.78 is 70.7. The van der Waals surface area contributed by atoms with Gasteiger partial charge in [-0.3, -0.25) is 9.36 Å². The van der Waals surface area contributed by atoms with E-state index < -0.39 is 30.0 Å². The molecular weight excluding hydrogens is 780 g/mol. The van der Waals surface area contributed by atoms with Crippen LogP contribution in [0.5, 0.6) is 0 Å². The first-order valence-electron chi connectivity index (χ1n) is 16.4. The molecule has 0 atom stereocenters. The Labute approximate surface area is 316 Å². The molecule has 2 aromatic heterocycles. The molecule has 4 heterocycles. The topological polar surface area (TPSA) is 183 Å². The predicted molar refractivity (Wildman–Crippen MR) is 191 cm³/mol. The highest BCUT2D eigenvalue weighted by atomic mass is 35.5. The number of aryl methyl sites for hydroxylation is 2. The van der Waals surface area contributed by atoms with Crippen LogP contribution < -0.4 is 21.3 Å². The Morgan fingerprint density at radius 3 is 2.09 bits per heavy atom. The fourth-order valence-corrected chi connectivity index (χ4v) is 5.73. The van der Waals surface area contributed by atoms with Crippen molar-refractivity contribution in [1.82, 2.24) is 19.4 Å². The number of aromatic nitrogens is 3. The third-order valence-electron chi connectivity index (χ3n) is 8.25. The van der Waals surface area contributed by atoms with E-state index in [4.69, 9.17) is 35.8 Å². The first kappa shape index (κ1) is 40.9. The molecule has 56 heavy (non-hydrogen) atoms. The summed E-state index contributed by atoms with van der Waals surface area (Å²) in [6.45, 7) is 2.51. The monoisotopic (exact) mass is 809 g/mol. The normalized spacial score (nSPS) is 13.9. The van der Waals surface area contributed by atoms with Gasteiger partial charge in [-0.1, -0.05) is 41.9 Å². The molecule has 2 aliphatic heterocycles. The Hall–Kier alpha value is -6.31. The van der Waals surface area contributed by atoms with Crippen LogP contribution in [0.1, 0.15) is 11.1 Å². The second-order valence-electron chi connectivity index (χ2n) is 12.1. The Morgan fingerprint density at radius 1 is 0.821 bits per heavy atom. The Kier molecular flexibility index (Phi) is 12.4. The summed E-state index contributed by atoms with van der Waals surface area (Å²) in [6, 6.07) is 21.9. The molecule has 7 rings (SSSR count). The van der Waals surface area contributed by atoms with Crippen molar-refractivity contribution in [2.75, 3.05) is 41.7 Å². The van der Waals surface area contributed by atoms with Gasteiger partial charge in [0.15, 0.2) is 11.4 Å². The lowest BCUT2D eigenvalue weighted by molar-refractivity contribution is -0.193. The number of nitrogens with zero attached hydrogens (tertiary/aromatic N) is 5. The minimum atomic E-state index is -5.08. The zero-order valence-corrected chi connectivity index (χ0v) is 29.5. The average Bonchev–Trinajstić information content (AvgIpc) is 3.46. The van der Waals surface area contributed by atoms with Crippen LogP contribution in [-0.2, 0) is 33.8 Å². The maximum atomic E-state index is 13.4. The molecule has 1 saturated heterocycles. The summed E-state index contributed by atoms with van der Waals surface area (Å²) in [4.78, 5) is 57.3. The first-order chi connectivity index (χ1) is 26.4. The number of oxazole rings is 1. The van der Waals surface area contributed by atoms with Gasteiger partial charge >= 0.3 is 30.0 Å². The molecule has 21 heteroatoms. The van der Waals surface area contributed by atoms with Crippen LogP contribution in [0.2, 0.25) is 5.02 Å². The maximum absolute atomic E-state index is 13.4. The first-order valence-corrected chi connectivity index (χ1v) is 16.8. The maximum Gasteiger partial charge on any atom is 0.490 e. The number of aliphatic carboxylic acids is 2. The molecule has 0 aliphatic carbocycles. The second kappa shape index (κ2) is 17.0. The van der Waals surface area contributed by atoms with Gasteiger partial charge in [-0.2, -0.15) is 31.3 Å². The van der Waals surface area contributed by atoms with Crippen LogP contribution in [-0.4, -0.2) is 86.0 Å². The van der Waals surface area contributed by atoms with E-state index in [0.717, 1.165) is 35.6 Å². The smallest absolute Gasteiger partial charge is 0.475 e. The van der Waals surface area contributed by atoms with Gasteiger partial charge in [0.1, 0.15) is 11.6 Å². The lowest BCUT2D eigenvalue weighted by atomic mass is 10.0. The van der Waals surface area contributed by atoms with Crippen molar-refractivity contribution in [2.45, 2.75) is 31.7 Å². The van der Waals surface area contributed by atoms with Gasteiger partial charge in [0.2, 0.25) is 11.9 Å². The molecule has 5 aromatic rings. The Bertz CT molecular complexity index is 2250. The highest BCUT2D eigenvalue weighted by Gasteiger charge is 2.39. The number of amides is 1. The predicted octanol–water partition coefficient (Wildman–Crippen LogP) is 6.24. The van der Waals surface area contributed by atoms with Crippen molar-refractivity contribution >= 4 is 69.4 Å². The summed E-state index contributed by atoms with van der Waals surface area (Å²) in [5, 5.41) is 21.1. The number of para-hydroxylation sites is 1. The minimum absolute atomic E-state index is 0.107. The summed E-state index contributed by atoms with van der Waals surface area (Å²) >= 11 is 6.45. The van der Waals surface area contributed by atoms with E-state index in [2.05, 4.69) is 43.7 Å². The zero-order chi connectivity index (χ0) is 40.8. The van der Waals surface area contributed by atoms with Crippen molar-refractivity contribution in [2.24, 2.45) is 0 Å². The van der Waals surface area contributed by atoms with E-state index in [-0.39, 0.29) is 12.5 Å². The van der Waals surface area contributed by atoms with Crippen LogP contribution in [0, 0.1) is 0 Å². The van der Waals surface area contributed by atoms with Crippen LogP contribution in [0.25, 0.3) is 11.1 Å². The summed E-state index contributed by atoms with van der Waals surface area (Å²) in [5.74, 6) is -5.38. The number of carbonyl (C=O) groups excluding carboxylic acids is 1. The Balaban J connectivity index is 0.000000367. The van der Waals surface area contributed by atoms with Crippen LogP contribution in [0.3, 0.4) is 0 Å². The number of rotatable bonds is 3. The molecule has 6 bridgehead atoms. The fraction of sp³-hybridized carbons (Fsp3) is 0.257. The van der Waals surface area contributed by atoms with E-state index in [9.17, 15) is 35.9 Å². The fourth-order valence-electron chi connectivity index (χ4n) is 5.59. The standard InChI is InChI=1S/C31H28ClN7O3.2C2HF3O2/c32-25-18-33-30-35-22-6-4-5-20(15-22)9-10-21-16-23(34-29(25)36-30)17-26-28(21)42-31(41)39(26)19-27(40)38-13-11-37(12-14-38)24-7-2-1-3-8-24;2*3-2(4,5)1(6)7/h1-8,15-18H,9-14,19H2,(H2,33,34,35,36);2*(H,6,7). The molecular formula is C35H30ClF6N7O7. The minimum Gasteiger partial charge on any atom is -0.475 e. The van der Waals surface area contributed by atoms with Gasteiger partial charge in [-0.25, -0.2) is 19.4 Å². The van der Waals surface area contributed by atoms with E-state index in [1.807, 2.05) is 47.4 Å². The van der Waals surface area contributed by atoms with E-state index in [1.54, 1.807) is 6.07 Å². The van der Waals surface area contributed by atoms with E-state index in [0.29, 0.717) is 59.5 Å². The lowest BCUT2D eigenvalue weighted by Crippen LogP contribution is -2.50. The largest absolute Gasteiger partial charge is 0.490 e. The van der Waals surface area contributed by atoms with Gasteiger partial charge in [0.05, 0.1) is 11.7 Å². The molecule has 296 valence electrons. The zero-order valence-electron chi connectivity index (χ0n) is 28.7. The van der Waals surface area contributed by atoms with E-state index in [1.165, 1.54) is 10.8 Å². The van der Waals surface area contributed by atoms with Crippen molar-refractivity contribution in [3.8, 4) is 0 Å². The number of benzene rings is 3. The van der Waals surface area contributed by atoms with Gasteiger partial charge in [0, 0.05) is 43.2 Å². The van der Waals surface area contributed by atoms with Gasteiger partial charge in [-0.15, -0.1) is 0 Å². The summed E-state index contributed by atoms with van der Waals surface area (Å²) in [5.41, 5.74) is 5.65. The molecule has 4 N–H and O–H groups in total. The number of nitrogens with one attached hydrogen (secondary N) is 2. The second-order valence-corrected chi connectivity index (χ2v) is 12.5. The Morgan fingerprint density at radius 2 is 1.46 bits per heavy atom. The number of hydrogen-bond donors (Lipinski definition) is 4. The van der Waals surface area contributed by atoms with Crippen molar-refractivity contribution in [1.29, 1.82) is 0 Å². The van der Waals surface area contributed by atoms with Crippen molar-refractivity contribution in [3.63, 3.8) is 0 Å². The molecule has 0 spiro atoms. The molecule has 0 saturated carbocycles. The van der Waals surface area contributed by atoms with Crippen LogP contribution in [0.4, 0.5) is 55.2 Å². The van der Waals surface area contributed by atoms with Crippen molar-refractivity contribution in [3.05, 3.63) is 99.6 Å². The van der Waals surface area contributed by atoms with Gasteiger partial charge < -0.3 is 35.1 Å². The molecule has 0 unspecified atom stereocenters. The number of carboxylic acids is 2. The lowest BCUT2D eigenvalue weighted by Gasteiger charge is -2.36. The highest BCUT2D eigenvalue weighted by molar-refractivity contribution is 6.33. The molecule has 2 aliphatic rings. The van der Waals surface area contributed by atoms with Gasteiger partial charge in [0.25, 0.3) is 0 Å². The number of anilines is 5. The number of carbonyl (C=O) groups is 3. The molecule has 1 fully saturated rings. The number of alkyl halides is 6.